The second-order valence-corrected chi connectivity index (χ2v) is 29.8. The van der Waals surface area contributed by atoms with Crippen molar-refractivity contribution in [3.63, 3.8) is 0 Å². The summed E-state index contributed by atoms with van der Waals surface area (Å²) >= 11 is 0. The topological polar surface area (TPSA) is 56.7 Å². The Kier molecular flexibility index (Phi) is 15.4. The SMILES string of the molecule is CC1(C)c2ccccc2N(c2ccc(-c3ccc4[nH]c5ccc(-c6ccc(N7c8ccccc8C(C)(Cc8ccc(N(c9ccccc9)c9ccc(-c%10ccc%11c(c%10)c%10cc(-c%12ccc(N(c%13ccccc%13)c%13ccccc%13)cc%12)ccc%10n%11[O-])cc9)cc8)c8ccccc87)cc6)cc5c4c3)cc2)c2ccccc21. The van der Waals surface area contributed by atoms with Gasteiger partial charge in [0.15, 0.2) is 0 Å². The lowest BCUT2D eigenvalue weighted by Crippen LogP contribution is -2.34. The van der Waals surface area contributed by atoms with Gasteiger partial charge in [0, 0.05) is 99.9 Å². The normalized spacial score (nSPS) is 13.3. The maximum Gasteiger partial charge on any atom is 0.0502 e. The van der Waals surface area contributed by atoms with Crippen LogP contribution in [0.3, 0.4) is 0 Å². The fourth-order valence-electron chi connectivity index (χ4n) is 17.6. The number of nitrogens with zero attached hydrogens (tertiary/aromatic N) is 5. The lowest BCUT2D eigenvalue weighted by atomic mass is 9.68. The summed E-state index contributed by atoms with van der Waals surface area (Å²) in [4.78, 5) is 13.2. The van der Waals surface area contributed by atoms with Crippen LogP contribution in [0.25, 0.3) is 88.1 Å². The van der Waals surface area contributed by atoms with Crippen molar-refractivity contribution in [3.05, 3.63) is 415 Å². The molecular weight excluding hydrogens is 1330 g/mol. The third-order valence-electron chi connectivity index (χ3n) is 23.1. The second-order valence-electron chi connectivity index (χ2n) is 29.8. The molecule has 18 aromatic rings. The van der Waals surface area contributed by atoms with Gasteiger partial charge in [-0.3, -0.25) is 0 Å². The van der Waals surface area contributed by atoms with E-state index in [0.29, 0.717) is 11.0 Å². The van der Waals surface area contributed by atoms with Crippen molar-refractivity contribution in [2.24, 2.45) is 0 Å². The van der Waals surface area contributed by atoms with Gasteiger partial charge in [-0.05, 0) is 249 Å². The van der Waals surface area contributed by atoms with Crippen molar-refractivity contribution in [1.82, 2.24) is 9.71 Å². The number of hydrogen-bond donors (Lipinski definition) is 1. The first-order chi connectivity index (χ1) is 53.6. The zero-order chi connectivity index (χ0) is 72.9. The van der Waals surface area contributed by atoms with Gasteiger partial charge in [0.1, 0.15) is 0 Å². The molecule has 0 amide bonds. The Morgan fingerprint density at radius 2 is 0.560 bits per heavy atom. The van der Waals surface area contributed by atoms with E-state index in [0.717, 1.165) is 106 Å². The van der Waals surface area contributed by atoms with E-state index in [9.17, 15) is 5.21 Å². The number of H-pyrrole nitrogens is 1. The van der Waals surface area contributed by atoms with Crippen LogP contribution in [0.5, 0.6) is 0 Å². The molecule has 520 valence electrons. The van der Waals surface area contributed by atoms with Gasteiger partial charge < -0.3 is 34.5 Å². The van der Waals surface area contributed by atoms with Gasteiger partial charge in [-0.15, -0.1) is 0 Å². The molecule has 0 saturated carbocycles. The van der Waals surface area contributed by atoms with E-state index in [1.165, 1.54) is 78.0 Å². The first-order valence-electron chi connectivity index (χ1n) is 37.6. The maximum absolute atomic E-state index is 13.9. The molecule has 0 atom stereocenters. The van der Waals surface area contributed by atoms with Gasteiger partial charge >= 0.3 is 0 Å². The van der Waals surface area contributed by atoms with Gasteiger partial charge in [-0.1, -0.05) is 233 Å². The zero-order valence-electron chi connectivity index (χ0n) is 60.7. The number of aromatic nitrogens is 2. The largest absolute Gasteiger partial charge is 0.805 e. The highest BCUT2D eigenvalue weighted by atomic mass is 16.5. The Bertz CT molecular complexity index is 6350. The summed E-state index contributed by atoms with van der Waals surface area (Å²) in [5.74, 6) is 0. The smallest absolute Gasteiger partial charge is 0.0502 e. The van der Waals surface area contributed by atoms with Gasteiger partial charge in [-0.2, -0.15) is 0 Å². The summed E-state index contributed by atoms with van der Waals surface area (Å²) in [5, 5.41) is 18.2. The molecule has 7 nitrogen and oxygen atoms in total. The Hall–Kier alpha value is -13.9. The van der Waals surface area contributed by atoms with Crippen LogP contribution in [0.2, 0.25) is 0 Å². The van der Waals surface area contributed by atoms with Gasteiger partial charge in [0.05, 0.1) is 22.7 Å². The second kappa shape index (κ2) is 26.0. The van der Waals surface area contributed by atoms with Gasteiger partial charge in [0.2, 0.25) is 0 Å². The molecule has 0 spiro atoms. The lowest BCUT2D eigenvalue weighted by Gasteiger charge is -2.44. The minimum Gasteiger partial charge on any atom is -0.805 e. The number of hydrogen-bond acceptors (Lipinski definition) is 5. The van der Waals surface area contributed by atoms with Crippen molar-refractivity contribution >= 4 is 112 Å². The van der Waals surface area contributed by atoms with Crippen molar-refractivity contribution in [1.29, 1.82) is 0 Å². The minimum atomic E-state index is -0.349. The van der Waals surface area contributed by atoms with Crippen LogP contribution in [-0.4, -0.2) is 9.71 Å². The molecule has 109 heavy (non-hydrogen) atoms. The van der Waals surface area contributed by atoms with E-state index in [4.69, 9.17) is 0 Å². The number of rotatable bonds is 14. The highest BCUT2D eigenvalue weighted by Crippen LogP contribution is 2.55. The lowest BCUT2D eigenvalue weighted by molar-refractivity contribution is 0.561. The Morgan fingerprint density at radius 1 is 0.275 bits per heavy atom. The van der Waals surface area contributed by atoms with Crippen LogP contribution in [0.15, 0.2) is 382 Å². The maximum atomic E-state index is 13.9. The quantitative estimate of drug-likeness (QED) is 0.118. The van der Waals surface area contributed by atoms with Crippen molar-refractivity contribution in [2.45, 2.75) is 38.0 Å². The third-order valence-corrected chi connectivity index (χ3v) is 23.1. The van der Waals surface area contributed by atoms with Crippen molar-refractivity contribution < 1.29 is 0 Å². The Labute approximate surface area is 634 Å². The molecule has 2 aromatic heterocycles. The number of fused-ring (bicyclic) bond motifs is 10. The molecule has 0 fully saturated rings. The fraction of sp³-hybridized carbons (Fsp3) is 0.0588. The molecular formula is C102H75N6O-. The molecule has 16 aromatic carbocycles. The van der Waals surface area contributed by atoms with Crippen LogP contribution in [0.1, 0.15) is 48.6 Å². The fourth-order valence-corrected chi connectivity index (χ4v) is 17.6. The highest BCUT2D eigenvalue weighted by molar-refractivity contribution is 6.12. The van der Waals surface area contributed by atoms with E-state index >= 15 is 0 Å². The summed E-state index contributed by atoms with van der Waals surface area (Å²) in [6.45, 7) is 7.09. The first kappa shape index (κ1) is 64.7. The van der Waals surface area contributed by atoms with Crippen LogP contribution >= 0.6 is 0 Å². The van der Waals surface area contributed by atoms with Crippen molar-refractivity contribution in [3.8, 4) is 44.5 Å². The van der Waals surface area contributed by atoms with Gasteiger partial charge in [0.25, 0.3) is 0 Å². The average Bonchev–Trinajstić information content (AvgIpc) is 1.58. The van der Waals surface area contributed by atoms with Crippen LogP contribution in [0, 0.1) is 5.21 Å². The zero-order valence-corrected chi connectivity index (χ0v) is 60.7. The standard InChI is InChI=1S/C102H75N6O/c1-101(2)89-27-13-17-31-97(89)106(98-32-18-14-28-90(98)101)83-55-41-69(42-56-83)73-45-59-93-85(63-73)86-64-74(46-60-94(86)103-93)70-43-57-84(58-44-70)107-99-33-19-15-29-91(99)102(3,92-30-16-20-34-100(92)107)67-68-35-49-80(50-36-68)105(79-25-11-6-12-26-79)82-53-39-72(40-54-82)76-48-62-96-88(66-76)87-65-75(47-61-95(87)108(96)109)71-37-51-81(52-38-71)104(77-21-7-4-8-22-77)78-23-9-5-10-24-78/h4-66,103H,67H2,1-3H3/q-1. The molecule has 0 unspecified atom stereocenters. The predicted molar refractivity (Wildman–Crippen MR) is 457 cm³/mol. The number of para-hydroxylation sites is 7. The summed E-state index contributed by atoms with van der Waals surface area (Å²) in [7, 11) is 0. The predicted octanol–water partition coefficient (Wildman–Crippen LogP) is 27.8. The summed E-state index contributed by atoms with van der Waals surface area (Å²) < 4.78 is 1.07. The van der Waals surface area contributed by atoms with E-state index in [1.54, 1.807) is 0 Å². The molecule has 1 N–H and O–H groups in total. The number of nitrogens with one attached hydrogen (secondary N) is 1. The molecule has 0 aliphatic carbocycles. The molecule has 0 radical (unpaired) electrons. The molecule has 0 bridgehead atoms. The van der Waals surface area contributed by atoms with E-state index in [-0.39, 0.29) is 10.8 Å². The summed E-state index contributed by atoms with van der Waals surface area (Å²) in [6, 6.07) is 138. The number of aromatic amines is 1. The molecule has 7 heteroatoms. The van der Waals surface area contributed by atoms with E-state index in [1.807, 2.05) is 24.3 Å². The Balaban J connectivity index is 0.553. The van der Waals surface area contributed by atoms with E-state index in [2.05, 4.69) is 403 Å². The van der Waals surface area contributed by atoms with Gasteiger partial charge in [-0.25, -0.2) is 0 Å². The molecule has 2 aliphatic heterocycles. The molecule has 4 heterocycles. The summed E-state index contributed by atoms with van der Waals surface area (Å²) in [5.41, 5.74) is 32.0. The third kappa shape index (κ3) is 11.0. The highest BCUT2D eigenvalue weighted by Gasteiger charge is 2.41. The minimum absolute atomic E-state index is 0.108. The molecule has 20 rings (SSSR count). The van der Waals surface area contributed by atoms with Crippen LogP contribution in [0.4, 0.5) is 68.2 Å². The molecule has 0 saturated heterocycles. The van der Waals surface area contributed by atoms with Crippen molar-refractivity contribution in [2.75, 3.05) is 19.6 Å². The molecule has 2 aliphatic rings. The van der Waals surface area contributed by atoms with Crippen LogP contribution in [-0.2, 0) is 17.3 Å². The Morgan fingerprint density at radius 3 is 0.936 bits per heavy atom. The van der Waals surface area contributed by atoms with E-state index < -0.39 is 0 Å². The first-order valence-corrected chi connectivity index (χ1v) is 37.6. The van der Waals surface area contributed by atoms with Crippen LogP contribution < -0.4 is 19.6 Å². The number of anilines is 12. The monoisotopic (exact) mass is 1400 g/mol. The number of benzene rings is 16. The summed E-state index contributed by atoms with van der Waals surface area (Å²) in [6.07, 6.45) is 0.799. The average molecular weight is 1400 g/mol.